The van der Waals surface area contributed by atoms with E-state index in [4.69, 9.17) is 4.74 Å². The highest BCUT2D eigenvalue weighted by atomic mass is 19.1. The van der Waals surface area contributed by atoms with Gasteiger partial charge in [-0.1, -0.05) is 18.2 Å². The SMILES string of the molecule is COc1ccccc1C(F)CC1CCCN1. The fraction of sp³-hybridized carbons (Fsp3) is 0.538. The maximum absolute atomic E-state index is 14.1. The third-order valence-electron chi connectivity index (χ3n) is 3.13. The summed E-state index contributed by atoms with van der Waals surface area (Å²) in [6.07, 6.45) is 1.84. The standard InChI is InChI=1S/C13H18FNO/c1-16-13-7-3-2-6-11(13)12(14)9-10-5-4-8-15-10/h2-3,6-7,10,12,15H,4-5,8-9H2,1H3. The van der Waals surface area contributed by atoms with Crippen molar-refractivity contribution in [3.8, 4) is 5.75 Å². The number of benzene rings is 1. The highest BCUT2D eigenvalue weighted by molar-refractivity contribution is 5.35. The summed E-state index contributed by atoms with van der Waals surface area (Å²) in [5.41, 5.74) is 0.665. The Bertz CT molecular complexity index is 336. The van der Waals surface area contributed by atoms with Crippen LogP contribution < -0.4 is 10.1 Å². The minimum atomic E-state index is -0.938. The van der Waals surface area contributed by atoms with Gasteiger partial charge in [0, 0.05) is 11.6 Å². The van der Waals surface area contributed by atoms with Gasteiger partial charge in [0.15, 0.2) is 0 Å². The maximum atomic E-state index is 14.1. The average Bonchev–Trinajstić information content (AvgIpc) is 2.81. The van der Waals surface area contributed by atoms with Gasteiger partial charge in [0.1, 0.15) is 11.9 Å². The predicted octanol–water partition coefficient (Wildman–Crippen LogP) is 2.85. The minimum Gasteiger partial charge on any atom is -0.496 e. The number of para-hydroxylation sites is 1. The van der Waals surface area contributed by atoms with Gasteiger partial charge in [-0.2, -0.15) is 0 Å². The molecule has 0 bridgehead atoms. The van der Waals surface area contributed by atoms with Gasteiger partial charge in [-0.05, 0) is 31.9 Å². The number of alkyl halides is 1. The average molecular weight is 223 g/mol. The Morgan fingerprint density at radius 1 is 1.50 bits per heavy atom. The molecule has 1 heterocycles. The van der Waals surface area contributed by atoms with Gasteiger partial charge >= 0.3 is 0 Å². The lowest BCUT2D eigenvalue weighted by Crippen LogP contribution is -2.22. The summed E-state index contributed by atoms with van der Waals surface area (Å²) in [6, 6.07) is 7.65. The highest BCUT2D eigenvalue weighted by Gasteiger charge is 2.22. The van der Waals surface area contributed by atoms with Crippen molar-refractivity contribution in [3.05, 3.63) is 29.8 Å². The second-order valence-corrected chi connectivity index (χ2v) is 4.24. The van der Waals surface area contributed by atoms with Crippen molar-refractivity contribution in [3.63, 3.8) is 0 Å². The quantitative estimate of drug-likeness (QED) is 0.847. The third-order valence-corrected chi connectivity index (χ3v) is 3.13. The Kier molecular flexibility index (Phi) is 3.78. The van der Waals surface area contributed by atoms with E-state index in [0.717, 1.165) is 19.4 Å². The van der Waals surface area contributed by atoms with E-state index < -0.39 is 6.17 Å². The lowest BCUT2D eigenvalue weighted by Gasteiger charge is -2.16. The van der Waals surface area contributed by atoms with Gasteiger partial charge in [0.2, 0.25) is 0 Å². The van der Waals surface area contributed by atoms with E-state index in [-0.39, 0.29) is 0 Å². The molecule has 16 heavy (non-hydrogen) atoms. The molecular formula is C13H18FNO. The number of nitrogens with one attached hydrogen (secondary N) is 1. The van der Waals surface area contributed by atoms with Crippen LogP contribution >= 0.6 is 0 Å². The van der Waals surface area contributed by atoms with Crippen LogP contribution in [-0.2, 0) is 0 Å². The largest absolute Gasteiger partial charge is 0.496 e. The van der Waals surface area contributed by atoms with Crippen molar-refractivity contribution in [1.29, 1.82) is 0 Å². The predicted molar refractivity (Wildman–Crippen MR) is 62.5 cm³/mol. The zero-order valence-corrected chi connectivity index (χ0v) is 9.58. The lowest BCUT2D eigenvalue weighted by molar-refractivity contribution is 0.282. The highest BCUT2D eigenvalue weighted by Crippen LogP contribution is 2.31. The molecule has 0 amide bonds. The molecule has 2 nitrogen and oxygen atoms in total. The minimum absolute atomic E-state index is 0.319. The topological polar surface area (TPSA) is 21.3 Å². The Hall–Kier alpha value is -1.09. The fourth-order valence-corrected chi connectivity index (χ4v) is 2.26. The summed E-state index contributed by atoms with van der Waals surface area (Å²) in [6.45, 7) is 1.02. The van der Waals surface area contributed by atoms with Gasteiger partial charge in [-0.25, -0.2) is 4.39 Å². The van der Waals surface area contributed by atoms with Gasteiger partial charge in [-0.3, -0.25) is 0 Å². The first-order valence-corrected chi connectivity index (χ1v) is 5.81. The molecule has 0 spiro atoms. The lowest BCUT2D eigenvalue weighted by atomic mass is 10.0. The number of ether oxygens (including phenoxy) is 1. The summed E-state index contributed by atoms with van der Waals surface area (Å²) >= 11 is 0. The molecule has 88 valence electrons. The molecule has 1 aromatic carbocycles. The fourth-order valence-electron chi connectivity index (χ4n) is 2.26. The zero-order valence-electron chi connectivity index (χ0n) is 9.58. The molecule has 2 atom stereocenters. The van der Waals surface area contributed by atoms with Gasteiger partial charge in [-0.15, -0.1) is 0 Å². The van der Waals surface area contributed by atoms with Crippen molar-refractivity contribution in [2.75, 3.05) is 13.7 Å². The van der Waals surface area contributed by atoms with Gasteiger partial charge in [0.25, 0.3) is 0 Å². The van der Waals surface area contributed by atoms with Crippen molar-refractivity contribution in [2.24, 2.45) is 0 Å². The Morgan fingerprint density at radius 2 is 2.31 bits per heavy atom. The van der Waals surface area contributed by atoms with E-state index in [2.05, 4.69) is 5.32 Å². The molecule has 0 aromatic heterocycles. The van der Waals surface area contributed by atoms with Crippen LogP contribution in [0.25, 0.3) is 0 Å². The van der Waals surface area contributed by atoms with Crippen LogP contribution in [-0.4, -0.2) is 19.7 Å². The van der Waals surface area contributed by atoms with Gasteiger partial charge < -0.3 is 10.1 Å². The molecule has 1 fully saturated rings. The second kappa shape index (κ2) is 5.30. The van der Waals surface area contributed by atoms with E-state index in [9.17, 15) is 4.39 Å². The smallest absolute Gasteiger partial charge is 0.130 e. The van der Waals surface area contributed by atoms with Crippen LogP contribution in [0.3, 0.4) is 0 Å². The first kappa shape index (κ1) is 11.4. The summed E-state index contributed by atoms with van der Waals surface area (Å²) < 4.78 is 19.3. The van der Waals surface area contributed by atoms with Crippen LogP contribution in [0.5, 0.6) is 5.75 Å². The summed E-state index contributed by atoms with van der Waals surface area (Å²) in [4.78, 5) is 0. The first-order chi connectivity index (χ1) is 7.81. The normalized spacial score (nSPS) is 22.0. The molecule has 0 saturated carbocycles. The van der Waals surface area contributed by atoms with Crippen molar-refractivity contribution in [2.45, 2.75) is 31.5 Å². The van der Waals surface area contributed by atoms with E-state index >= 15 is 0 Å². The monoisotopic (exact) mass is 223 g/mol. The van der Waals surface area contributed by atoms with Crippen LogP contribution in [0.4, 0.5) is 4.39 Å². The molecule has 1 aliphatic heterocycles. The molecule has 3 heteroatoms. The zero-order chi connectivity index (χ0) is 11.4. The van der Waals surface area contributed by atoms with E-state index in [1.54, 1.807) is 13.2 Å². The molecule has 1 aromatic rings. The Morgan fingerprint density at radius 3 is 3.00 bits per heavy atom. The Balaban J connectivity index is 2.04. The molecule has 2 rings (SSSR count). The number of halogens is 1. The van der Waals surface area contributed by atoms with Gasteiger partial charge in [0.05, 0.1) is 7.11 Å². The summed E-state index contributed by atoms with van der Waals surface area (Å²) in [5, 5.41) is 3.31. The third kappa shape index (κ3) is 2.53. The number of rotatable bonds is 4. The Labute approximate surface area is 95.8 Å². The molecule has 1 N–H and O–H groups in total. The number of hydrogen-bond acceptors (Lipinski definition) is 2. The molecule has 1 saturated heterocycles. The number of methoxy groups -OCH3 is 1. The van der Waals surface area contributed by atoms with Crippen molar-refractivity contribution < 1.29 is 9.13 Å². The van der Waals surface area contributed by atoms with Crippen LogP contribution in [0.1, 0.15) is 31.0 Å². The van der Waals surface area contributed by atoms with E-state index in [0.29, 0.717) is 23.8 Å². The molecule has 2 unspecified atom stereocenters. The summed E-state index contributed by atoms with van der Waals surface area (Å²) in [5.74, 6) is 0.646. The van der Waals surface area contributed by atoms with Crippen LogP contribution in [0, 0.1) is 0 Å². The molecule has 1 aliphatic rings. The van der Waals surface area contributed by atoms with E-state index in [1.165, 1.54) is 0 Å². The molecule has 0 aliphatic carbocycles. The first-order valence-electron chi connectivity index (χ1n) is 5.81. The van der Waals surface area contributed by atoms with Crippen LogP contribution in [0.15, 0.2) is 24.3 Å². The maximum Gasteiger partial charge on any atom is 0.130 e. The van der Waals surface area contributed by atoms with E-state index in [1.807, 2.05) is 18.2 Å². The van der Waals surface area contributed by atoms with Crippen molar-refractivity contribution in [1.82, 2.24) is 5.32 Å². The number of hydrogen-bond donors (Lipinski definition) is 1. The van der Waals surface area contributed by atoms with Crippen LogP contribution in [0.2, 0.25) is 0 Å². The molecule has 0 radical (unpaired) electrons. The second-order valence-electron chi connectivity index (χ2n) is 4.24. The summed E-state index contributed by atoms with van der Waals surface area (Å²) in [7, 11) is 1.58. The molecular weight excluding hydrogens is 205 g/mol. The van der Waals surface area contributed by atoms with Crippen molar-refractivity contribution >= 4 is 0 Å².